The van der Waals surface area contributed by atoms with Crippen molar-refractivity contribution < 1.29 is 19.1 Å². The highest BCUT2D eigenvalue weighted by Gasteiger charge is 2.21. The predicted octanol–water partition coefficient (Wildman–Crippen LogP) is 3.42. The smallest absolute Gasteiger partial charge is 0.341 e. The summed E-state index contributed by atoms with van der Waals surface area (Å²) in [6.45, 7) is 3.36. The van der Waals surface area contributed by atoms with Gasteiger partial charge in [0.1, 0.15) is 5.75 Å². The highest BCUT2D eigenvalue weighted by molar-refractivity contribution is 6.31. The molecule has 0 unspecified atom stereocenters. The molecule has 0 aliphatic heterocycles. The summed E-state index contributed by atoms with van der Waals surface area (Å²) in [6, 6.07) is 9.80. The van der Waals surface area contributed by atoms with Crippen molar-refractivity contribution in [3.05, 3.63) is 52.5 Å². The molecule has 0 saturated carbocycles. The molecule has 2 aromatic carbocycles. The number of nitrogens with one attached hydrogen (secondary N) is 1. The Morgan fingerprint density at radius 3 is 2.56 bits per heavy atom. The highest BCUT2D eigenvalue weighted by atomic mass is 35.5. The maximum atomic E-state index is 12.3. The van der Waals surface area contributed by atoms with Crippen molar-refractivity contribution in [2.45, 2.75) is 20.0 Å². The summed E-state index contributed by atoms with van der Waals surface area (Å²) < 4.78 is 10.4. The van der Waals surface area contributed by atoms with E-state index in [-0.39, 0.29) is 11.3 Å². The van der Waals surface area contributed by atoms with Gasteiger partial charge in [-0.15, -0.1) is 0 Å². The van der Waals surface area contributed by atoms with Gasteiger partial charge in [-0.25, -0.2) is 4.79 Å². The molecule has 1 atom stereocenters. The van der Waals surface area contributed by atoms with Crippen LogP contribution in [-0.4, -0.2) is 25.1 Å². The van der Waals surface area contributed by atoms with Gasteiger partial charge in [0.25, 0.3) is 5.91 Å². The Morgan fingerprint density at radius 1 is 1.20 bits per heavy atom. The van der Waals surface area contributed by atoms with Gasteiger partial charge >= 0.3 is 5.97 Å². The molecule has 0 aromatic heterocycles. The van der Waals surface area contributed by atoms with Crippen LogP contribution in [0.2, 0.25) is 5.02 Å². The summed E-state index contributed by atoms with van der Waals surface area (Å²) in [5.41, 5.74) is 7.54. The number of esters is 1. The van der Waals surface area contributed by atoms with E-state index in [0.29, 0.717) is 16.5 Å². The van der Waals surface area contributed by atoms with Crippen LogP contribution < -0.4 is 15.8 Å². The number of carbonyl (C=O) groups is 2. The third-order valence-electron chi connectivity index (χ3n) is 3.50. The molecule has 2 rings (SSSR count). The second-order valence-electron chi connectivity index (χ2n) is 5.47. The summed E-state index contributed by atoms with van der Waals surface area (Å²) in [5, 5.41) is 3.10. The van der Waals surface area contributed by atoms with Crippen molar-refractivity contribution in [3.8, 4) is 5.75 Å². The number of carbonyl (C=O) groups excluding carboxylic acids is 2. The molecule has 0 aliphatic rings. The van der Waals surface area contributed by atoms with Crippen LogP contribution in [0.3, 0.4) is 0 Å². The molecule has 25 heavy (non-hydrogen) atoms. The number of methoxy groups -OCH3 is 1. The van der Waals surface area contributed by atoms with Gasteiger partial charge in [0, 0.05) is 10.7 Å². The molecular weight excluding hydrogens is 344 g/mol. The average Bonchev–Trinajstić information content (AvgIpc) is 2.54. The van der Waals surface area contributed by atoms with E-state index in [1.54, 1.807) is 12.1 Å². The standard InChI is InChI=1S/C18H19ClN2O4/c1-10-4-7-16(24-3)15(8-10)21-17(22)11(2)25-18(23)13-6-5-12(19)9-14(13)20/h4-9,11H,20H2,1-3H3,(H,21,22)/t11-/m1/s1. The number of amides is 1. The minimum atomic E-state index is -1.02. The van der Waals surface area contributed by atoms with Crippen molar-refractivity contribution in [2.75, 3.05) is 18.2 Å². The van der Waals surface area contributed by atoms with Gasteiger partial charge in [-0.3, -0.25) is 4.79 Å². The van der Waals surface area contributed by atoms with E-state index in [1.807, 2.05) is 13.0 Å². The monoisotopic (exact) mass is 362 g/mol. The van der Waals surface area contributed by atoms with Crippen molar-refractivity contribution in [2.24, 2.45) is 0 Å². The maximum Gasteiger partial charge on any atom is 0.341 e. The third-order valence-corrected chi connectivity index (χ3v) is 3.73. The van der Waals surface area contributed by atoms with E-state index < -0.39 is 18.0 Å². The van der Waals surface area contributed by atoms with Crippen LogP contribution in [0, 0.1) is 6.92 Å². The minimum Gasteiger partial charge on any atom is -0.495 e. The zero-order chi connectivity index (χ0) is 18.6. The average molecular weight is 363 g/mol. The Morgan fingerprint density at radius 2 is 1.92 bits per heavy atom. The molecule has 0 bridgehead atoms. The molecule has 2 aromatic rings. The Kier molecular flexibility index (Phi) is 5.88. The van der Waals surface area contributed by atoms with Gasteiger partial charge in [-0.1, -0.05) is 17.7 Å². The first-order valence-corrected chi connectivity index (χ1v) is 7.91. The van der Waals surface area contributed by atoms with Crippen LogP contribution in [0.1, 0.15) is 22.8 Å². The molecule has 3 N–H and O–H groups in total. The molecule has 0 spiro atoms. The van der Waals surface area contributed by atoms with E-state index in [1.165, 1.54) is 32.2 Å². The van der Waals surface area contributed by atoms with Gasteiger partial charge in [0.05, 0.1) is 18.4 Å². The van der Waals surface area contributed by atoms with Crippen molar-refractivity contribution in [1.82, 2.24) is 0 Å². The fraction of sp³-hybridized carbons (Fsp3) is 0.222. The van der Waals surface area contributed by atoms with Gasteiger partial charge in [-0.05, 0) is 49.7 Å². The number of benzene rings is 2. The van der Waals surface area contributed by atoms with Crippen LogP contribution in [0.25, 0.3) is 0 Å². The number of nitrogens with two attached hydrogens (primary N) is 1. The molecule has 0 saturated heterocycles. The molecule has 7 heteroatoms. The van der Waals surface area contributed by atoms with Crippen molar-refractivity contribution >= 4 is 34.9 Å². The largest absolute Gasteiger partial charge is 0.495 e. The SMILES string of the molecule is COc1ccc(C)cc1NC(=O)[C@@H](C)OC(=O)c1ccc(Cl)cc1N. The Labute approximate surface area is 150 Å². The summed E-state index contributed by atoms with van der Waals surface area (Å²) >= 11 is 5.80. The van der Waals surface area contributed by atoms with E-state index >= 15 is 0 Å². The Hall–Kier alpha value is -2.73. The van der Waals surface area contributed by atoms with Crippen molar-refractivity contribution in [1.29, 1.82) is 0 Å². The lowest BCUT2D eigenvalue weighted by atomic mass is 10.2. The fourth-order valence-electron chi connectivity index (χ4n) is 2.15. The van der Waals surface area contributed by atoms with Crippen LogP contribution >= 0.6 is 11.6 Å². The molecule has 6 nitrogen and oxygen atoms in total. The summed E-state index contributed by atoms with van der Waals surface area (Å²) in [7, 11) is 1.51. The third kappa shape index (κ3) is 4.64. The molecule has 0 radical (unpaired) electrons. The number of hydrogen-bond acceptors (Lipinski definition) is 5. The van der Waals surface area contributed by atoms with Gasteiger partial charge in [-0.2, -0.15) is 0 Å². The van der Waals surface area contributed by atoms with Gasteiger partial charge in [0.15, 0.2) is 6.10 Å². The molecule has 0 fully saturated rings. The summed E-state index contributed by atoms with van der Waals surface area (Å²) in [5.74, 6) is -0.669. The second-order valence-corrected chi connectivity index (χ2v) is 5.91. The Balaban J connectivity index is 2.07. The van der Waals surface area contributed by atoms with Crippen LogP contribution in [0.4, 0.5) is 11.4 Å². The molecule has 1 amide bonds. The number of ether oxygens (including phenoxy) is 2. The van der Waals surface area contributed by atoms with Crippen molar-refractivity contribution in [3.63, 3.8) is 0 Å². The zero-order valence-corrected chi connectivity index (χ0v) is 14.9. The first kappa shape index (κ1) is 18.6. The summed E-state index contributed by atoms with van der Waals surface area (Å²) in [4.78, 5) is 24.5. The maximum absolute atomic E-state index is 12.3. The summed E-state index contributed by atoms with van der Waals surface area (Å²) in [6.07, 6.45) is -1.02. The van der Waals surface area contributed by atoms with E-state index in [4.69, 9.17) is 26.8 Å². The first-order valence-electron chi connectivity index (χ1n) is 7.53. The van der Waals surface area contributed by atoms with Crippen LogP contribution in [0.15, 0.2) is 36.4 Å². The van der Waals surface area contributed by atoms with Crippen LogP contribution in [0.5, 0.6) is 5.75 Å². The number of aryl methyl sites for hydroxylation is 1. The minimum absolute atomic E-state index is 0.150. The van der Waals surface area contributed by atoms with Gasteiger partial charge < -0.3 is 20.5 Å². The molecule has 0 aliphatic carbocycles. The first-order chi connectivity index (χ1) is 11.8. The number of anilines is 2. The van der Waals surface area contributed by atoms with Crippen LogP contribution in [-0.2, 0) is 9.53 Å². The zero-order valence-electron chi connectivity index (χ0n) is 14.1. The fourth-order valence-corrected chi connectivity index (χ4v) is 2.33. The van der Waals surface area contributed by atoms with E-state index in [9.17, 15) is 9.59 Å². The quantitative estimate of drug-likeness (QED) is 0.628. The van der Waals surface area contributed by atoms with E-state index in [2.05, 4.69) is 5.32 Å². The molecule has 132 valence electrons. The number of nitrogen functional groups attached to an aromatic ring is 1. The van der Waals surface area contributed by atoms with E-state index in [0.717, 1.165) is 5.56 Å². The normalized spacial score (nSPS) is 11.5. The molecule has 0 heterocycles. The number of hydrogen-bond donors (Lipinski definition) is 2. The lowest BCUT2D eigenvalue weighted by molar-refractivity contribution is -0.123. The predicted molar refractivity (Wildman–Crippen MR) is 97.1 cm³/mol. The second kappa shape index (κ2) is 7.90. The number of rotatable bonds is 5. The lowest BCUT2D eigenvalue weighted by Gasteiger charge is -2.16. The number of halogens is 1. The highest BCUT2D eigenvalue weighted by Crippen LogP contribution is 2.25. The van der Waals surface area contributed by atoms with Gasteiger partial charge in [0.2, 0.25) is 0 Å². The lowest BCUT2D eigenvalue weighted by Crippen LogP contribution is -2.30. The Bertz CT molecular complexity index is 808. The molecular formula is C18H19ClN2O4. The topological polar surface area (TPSA) is 90.6 Å².